The molecule has 0 bridgehead atoms. The molecule has 34 heavy (non-hydrogen) atoms. The van der Waals surface area contributed by atoms with E-state index in [4.69, 9.17) is 9.84 Å². The Balaban J connectivity index is 1.55. The number of ether oxygens (including phenoxy) is 1. The minimum absolute atomic E-state index is 0.105. The Hall–Kier alpha value is -4.03. The molecule has 4 aromatic rings. The summed E-state index contributed by atoms with van der Waals surface area (Å²) in [4.78, 5) is 28.7. The third-order valence-electron chi connectivity index (χ3n) is 5.59. The van der Waals surface area contributed by atoms with E-state index in [2.05, 4.69) is 4.98 Å². The number of aromatic nitrogens is 2. The van der Waals surface area contributed by atoms with Crippen molar-refractivity contribution in [2.75, 3.05) is 6.61 Å². The molecule has 0 saturated heterocycles. The molecule has 1 aromatic heterocycles. The smallest absolute Gasteiger partial charge is 0.332 e. The van der Waals surface area contributed by atoms with E-state index in [0.717, 1.165) is 27.7 Å². The molecule has 0 aliphatic rings. The summed E-state index contributed by atoms with van der Waals surface area (Å²) in [5.74, 6) is -0.671. The predicted octanol–water partition coefficient (Wildman–Crippen LogP) is 5.13. The highest BCUT2D eigenvalue weighted by molar-refractivity contribution is 6.08. The second-order valence-electron chi connectivity index (χ2n) is 8.16. The van der Waals surface area contributed by atoms with Crippen LogP contribution in [0.3, 0.4) is 0 Å². The number of imidazole rings is 1. The van der Waals surface area contributed by atoms with Crippen LogP contribution in [0, 0.1) is 6.92 Å². The number of carbonyl (C=O) groups excluding carboxylic acids is 1. The Labute approximate surface area is 198 Å². The van der Waals surface area contributed by atoms with Gasteiger partial charge in [0.1, 0.15) is 0 Å². The minimum Gasteiger partial charge on any atom is -0.479 e. The number of nitrogens with zero attached hydrogens (tertiary/aromatic N) is 2. The standard InChI is InChI=1S/C28H26N2O4/c1-19-9-15-23(16-10-19)26(31)27-29-24-7-3-4-8-25(24)30(27)18-22-13-11-21(12-14-22)6-5-17-34-20(2)28(32)33/h3-16,20H,17-18H2,1-2H3,(H,32,33)/t20-/m1/s1. The van der Waals surface area contributed by atoms with Crippen LogP contribution in [0.5, 0.6) is 0 Å². The molecule has 172 valence electrons. The van der Waals surface area contributed by atoms with Gasteiger partial charge in [-0.05, 0) is 37.1 Å². The van der Waals surface area contributed by atoms with Crippen LogP contribution in [-0.4, -0.2) is 39.1 Å². The van der Waals surface area contributed by atoms with Crippen LogP contribution in [0.15, 0.2) is 78.9 Å². The molecule has 0 unspecified atom stereocenters. The summed E-state index contributed by atoms with van der Waals surface area (Å²) in [7, 11) is 0. The normalized spacial score (nSPS) is 12.3. The summed E-state index contributed by atoms with van der Waals surface area (Å²) in [6.07, 6.45) is 2.84. The summed E-state index contributed by atoms with van der Waals surface area (Å²) < 4.78 is 7.17. The molecule has 0 spiro atoms. The highest BCUT2D eigenvalue weighted by Gasteiger charge is 2.19. The summed E-state index contributed by atoms with van der Waals surface area (Å²) in [5, 5.41) is 8.85. The summed E-state index contributed by atoms with van der Waals surface area (Å²) in [5.41, 5.74) is 5.42. The summed E-state index contributed by atoms with van der Waals surface area (Å²) >= 11 is 0. The predicted molar refractivity (Wildman–Crippen MR) is 132 cm³/mol. The van der Waals surface area contributed by atoms with Gasteiger partial charge in [-0.25, -0.2) is 9.78 Å². The van der Waals surface area contributed by atoms with E-state index in [1.165, 1.54) is 6.92 Å². The van der Waals surface area contributed by atoms with Crippen molar-refractivity contribution in [3.63, 3.8) is 0 Å². The molecule has 0 saturated carbocycles. The molecule has 6 nitrogen and oxygen atoms in total. The molecule has 1 atom stereocenters. The lowest BCUT2D eigenvalue weighted by atomic mass is 10.1. The lowest BCUT2D eigenvalue weighted by molar-refractivity contribution is -0.148. The summed E-state index contributed by atoms with van der Waals surface area (Å²) in [6, 6.07) is 23.3. The van der Waals surface area contributed by atoms with Crippen LogP contribution in [0.1, 0.15) is 39.8 Å². The van der Waals surface area contributed by atoms with Gasteiger partial charge in [0.05, 0.1) is 17.6 Å². The first-order valence-corrected chi connectivity index (χ1v) is 11.1. The highest BCUT2D eigenvalue weighted by Crippen LogP contribution is 2.21. The van der Waals surface area contributed by atoms with E-state index in [9.17, 15) is 9.59 Å². The number of hydrogen-bond donors (Lipinski definition) is 1. The van der Waals surface area contributed by atoms with Crippen molar-refractivity contribution in [2.45, 2.75) is 26.5 Å². The van der Waals surface area contributed by atoms with E-state index < -0.39 is 12.1 Å². The largest absolute Gasteiger partial charge is 0.479 e. The Kier molecular flexibility index (Phi) is 6.99. The number of para-hydroxylation sites is 2. The van der Waals surface area contributed by atoms with Crippen molar-refractivity contribution in [1.29, 1.82) is 0 Å². The van der Waals surface area contributed by atoms with Gasteiger partial charge in [-0.1, -0.05) is 78.4 Å². The van der Waals surface area contributed by atoms with Crippen LogP contribution in [0.25, 0.3) is 17.1 Å². The van der Waals surface area contributed by atoms with Crippen LogP contribution in [-0.2, 0) is 16.1 Å². The van der Waals surface area contributed by atoms with Gasteiger partial charge in [0.15, 0.2) is 11.9 Å². The zero-order chi connectivity index (χ0) is 24.1. The number of carboxylic acid groups (broad SMARTS) is 1. The molecule has 0 amide bonds. The number of fused-ring (bicyclic) bond motifs is 1. The van der Waals surface area contributed by atoms with Gasteiger partial charge in [-0.3, -0.25) is 4.79 Å². The third-order valence-corrected chi connectivity index (χ3v) is 5.59. The molecule has 0 aliphatic heterocycles. The molecule has 3 aromatic carbocycles. The topological polar surface area (TPSA) is 81.4 Å². The van der Waals surface area contributed by atoms with Crippen molar-refractivity contribution in [3.05, 3.63) is 107 Å². The number of benzene rings is 3. The highest BCUT2D eigenvalue weighted by atomic mass is 16.5. The fourth-order valence-electron chi connectivity index (χ4n) is 3.62. The fraction of sp³-hybridized carbons (Fsp3) is 0.179. The first kappa shape index (κ1) is 23.1. The quantitative estimate of drug-likeness (QED) is 0.355. The van der Waals surface area contributed by atoms with Crippen molar-refractivity contribution in [1.82, 2.24) is 9.55 Å². The SMILES string of the molecule is Cc1ccc(C(=O)c2nc3ccccc3n2Cc2ccc(C=CCO[C@H](C)C(=O)O)cc2)cc1. The molecule has 0 radical (unpaired) electrons. The number of carbonyl (C=O) groups is 2. The number of aliphatic carboxylic acids is 1. The zero-order valence-electron chi connectivity index (χ0n) is 19.1. The Morgan fingerprint density at radius 2 is 1.74 bits per heavy atom. The number of carboxylic acids is 1. The average molecular weight is 455 g/mol. The summed E-state index contributed by atoms with van der Waals surface area (Å²) in [6.45, 7) is 4.23. The molecular formula is C28H26N2O4. The lowest BCUT2D eigenvalue weighted by Crippen LogP contribution is -2.19. The van der Waals surface area contributed by atoms with E-state index >= 15 is 0 Å². The molecular weight excluding hydrogens is 428 g/mol. The fourth-order valence-corrected chi connectivity index (χ4v) is 3.62. The number of ketones is 1. The molecule has 0 fully saturated rings. The van der Waals surface area contributed by atoms with Crippen LogP contribution < -0.4 is 0 Å². The lowest BCUT2D eigenvalue weighted by Gasteiger charge is -2.10. The van der Waals surface area contributed by atoms with Gasteiger partial charge in [-0.15, -0.1) is 0 Å². The molecule has 1 heterocycles. The number of hydrogen-bond acceptors (Lipinski definition) is 4. The first-order valence-electron chi connectivity index (χ1n) is 11.1. The van der Waals surface area contributed by atoms with Crippen molar-refractivity contribution < 1.29 is 19.4 Å². The molecule has 6 heteroatoms. The van der Waals surface area contributed by atoms with Gasteiger partial charge in [0.25, 0.3) is 0 Å². The Morgan fingerprint density at radius 1 is 1.03 bits per heavy atom. The minimum atomic E-state index is -0.981. The monoisotopic (exact) mass is 454 g/mol. The third kappa shape index (κ3) is 5.30. The zero-order valence-corrected chi connectivity index (χ0v) is 19.1. The molecule has 0 aliphatic carbocycles. The van der Waals surface area contributed by atoms with E-state index in [1.54, 1.807) is 6.08 Å². The first-order chi connectivity index (χ1) is 16.4. The van der Waals surface area contributed by atoms with Crippen molar-refractivity contribution in [2.24, 2.45) is 0 Å². The van der Waals surface area contributed by atoms with Gasteiger partial charge >= 0.3 is 5.97 Å². The van der Waals surface area contributed by atoms with Gasteiger partial charge < -0.3 is 14.4 Å². The second kappa shape index (κ2) is 10.3. The molecule has 4 rings (SSSR count). The van der Waals surface area contributed by atoms with E-state index in [0.29, 0.717) is 17.9 Å². The van der Waals surface area contributed by atoms with Crippen molar-refractivity contribution >= 4 is 28.9 Å². The van der Waals surface area contributed by atoms with Gasteiger partial charge in [0.2, 0.25) is 5.78 Å². The maximum Gasteiger partial charge on any atom is 0.332 e. The second-order valence-corrected chi connectivity index (χ2v) is 8.16. The van der Waals surface area contributed by atoms with E-state index in [-0.39, 0.29) is 12.4 Å². The van der Waals surface area contributed by atoms with Crippen LogP contribution >= 0.6 is 0 Å². The van der Waals surface area contributed by atoms with Gasteiger partial charge in [-0.2, -0.15) is 0 Å². The maximum atomic E-state index is 13.3. The van der Waals surface area contributed by atoms with Crippen LogP contribution in [0.4, 0.5) is 0 Å². The molecule has 1 N–H and O–H groups in total. The number of aryl methyl sites for hydroxylation is 1. The number of rotatable bonds is 9. The van der Waals surface area contributed by atoms with E-state index in [1.807, 2.05) is 90.4 Å². The van der Waals surface area contributed by atoms with Crippen LogP contribution in [0.2, 0.25) is 0 Å². The van der Waals surface area contributed by atoms with Crippen molar-refractivity contribution in [3.8, 4) is 0 Å². The average Bonchev–Trinajstić information content (AvgIpc) is 3.21. The Bertz CT molecular complexity index is 1340. The maximum absolute atomic E-state index is 13.3. The Morgan fingerprint density at radius 3 is 2.44 bits per heavy atom. The van der Waals surface area contributed by atoms with Gasteiger partial charge in [0, 0.05) is 12.1 Å².